The summed E-state index contributed by atoms with van der Waals surface area (Å²) in [4.78, 5) is 38.6. The van der Waals surface area contributed by atoms with Gasteiger partial charge in [0, 0.05) is 38.0 Å². The van der Waals surface area contributed by atoms with Crippen molar-refractivity contribution in [2.24, 2.45) is 0 Å². The normalized spacial score (nSPS) is 14.8. The number of carboxylic acids is 2. The second-order valence-corrected chi connectivity index (χ2v) is 11.2. The van der Waals surface area contributed by atoms with E-state index in [0.717, 1.165) is 75.6 Å². The molecular weight excluding hydrogens is 552 g/mol. The number of amides is 1. The zero-order valence-electron chi connectivity index (χ0n) is 23.3. The zero-order valence-corrected chi connectivity index (χ0v) is 24.1. The fourth-order valence-electron chi connectivity index (χ4n) is 5.56. The van der Waals surface area contributed by atoms with Crippen molar-refractivity contribution in [1.82, 2.24) is 9.27 Å². The Kier molecular flexibility index (Phi) is 9.45. The third-order valence-electron chi connectivity index (χ3n) is 7.71. The number of unbranched alkanes of at least 4 members (excludes halogenated alkanes) is 1. The molecule has 2 aliphatic rings. The van der Waals surface area contributed by atoms with E-state index >= 15 is 0 Å². The summed E-state index contributed by atoms with van der Waals surface area (Å²) in [5.74, 6) is -2.30. The van der Waals surface area contributed by atoms with E-state index in [0.29, 0.717) is 6.42 Å². The molecule has 4 aromatic rings. The van der Waals surface area contributed by atoms with Gasteiger partial charge in [-0.15, -0.1) is 0 Å². The van der Waals surface area contributed by atoms with Gasteiger partial charge in [-0.3, -0.25) is 14.6 Å². The van der Waals surface area contributed by atoms with Crippen LogP contribution >= 0.6 is 11.5 Å². The Hall–Kier alpha value is -4.28. The first kappa shape index (κ1) is 29.2. The van der Waals surface area contributed by atoms with Gasteiger partial charge in [0.25, 0.3) is 0 Å². The molecule has 2 aliphatic heterocycles. The molecule has 10 heteroatoms. The van der Waals surface area contributed by atoms with Gasteiger partial charge >= 0.3 is 11.9 Å². The molecule has 6 rings (SSSR count). The van der Waals surface area contributed by atoms with Crippen LogP contribution in [0.1, 0.15) is 30.4 Å². The van der Waals surface area contributed by atoms with Crippen molar-refractivity contribution >= 4 is 56.7 Å². The molecule has 218 valence electrons. The van der Waals surface area contributed by atoms with Crippen LogP contribution in [-0.2, 0) is 27.2 Å². The standard InChI is InChI=1S/C30H32N4OS.C2H2O4/c35-29(34-26-12-4-1-9-23(26)16-17-24-10-2-5-13-27(24)34)15-7-8-18-32-19-21-33(22-20-32)30-25-11-3-6-14-28(25)36-31-30;3-1(4)2(5)6/h1-6,9-14H,7-8,15-22H2;(H,3,4)(H,5,6). The van der Waals surface area contributed by atoms with Gasteiger partial charge in [0.05, 0.1) is 16.1 Å². The summed E-state index contributed by atoms with van der Waals surface area (Å²) in [6, 6.07) is 25.3. The molecule has 1 fully saturated rings. The number of anilines is 3. The Morgan fingerprint density at radius 2 is 1.31 bits per heavy atom. The summed E-state index contributed by atoms with van der Waals surface area (Å²) < 4.78 is 5.99. The fourth-order valence-corrected chi connectivity index (χ4v) is 6.35. The minimum Gasteiger partial charge on any atom is -0.473 e. The predicted octanol–water partition coefficient (Wildman–Crippen LogP) is 5.21. The van der Waals surface area contributed by atoms with Crippen LogP contribution in [0.5, 0.6) is 0 Å². The molecule has 3 heterocycles. The summed E-state index contributed by atoms with van der Waals surface area (Å²) in [7, 11) is 0. The Labute approximate surface area is 248 Å². The minimum absolute atomic E-state index is 0.206. The van der Waals surface area contributed by atoms with Crippen molar-refractivity contribution < 1.29 is 24.6 Å². The molecule has 0 saturated carbocycles. The van der Waals surface area contributed by atoms with Crippen LogP contribution in [0.4, 0.5) is 17.2 Å². The highest BCUT2D eigenvalue weighted by Crippen LogP contribution is 2.36. The van der Waals surface area contributed by atoms with Gasteiger partial charge < -0.3 is 15.1 Å². The second-order valence-electron chi connectivity index (χ2n) is 10.4. The van der Waals surface area contributed by atoms with Gasteiger partial charge in [-0.2, -0.15) is 4.37 Å². The number of aromatic nitrogens is 1. The van der Waals surface area contributed by atoms with Crippen molar-refractivity contribution in [1.29, 1.82) is 0 Å². The van der Waals surface area contributed by atoms with Crippen molar-refractivity contribution in [2.75, 3.05) is 42.5 Å². The molecule has 0 radical (unpaired) electrons. The molecule has 1 amide bonds. The van der Waals surface area contributed by atoms with E-state index in [1.54, 1.807) is 11.5 Å². The first-order valence-electron chi connectivity index (χ1n) is 14.2. The average Bonchev–Trinajstić information content (AvgIpc) is 3.36. The Bertz CT molecular complexity index is 1500. The van der Waals surface area contributed by atoms with Crippen LogP contribution in [0, 0.1) is 0 Å². The van der Waals surface area contributed by atoms with Crippen molar-refractivity contribution in [2.45, 2.75) is 32.1 Å². The summed E-state index contributed by atoms with van der Waals surface area (Å²) in [6.45, 7) is 5.16. The van der Waals surface area contributed by atoms with Gasteiger partial charge in [0.15, 0.2) is 0 Å². The van der Waals surface area contributed by atoms with Gasteiger partial charge in [-0.1, -0.05) is 48.5 Å². The van der Waals surface area contributed by atoms with Gasteiger partial charge in [0.1, 0.15) is 5.82 Å². The number of benzene rings is 3. The summed E-state index contributed by atoms with van der Waals surface area (Å²) in [5, 5.41) is 16.1. The number of nitrogens with zero attached hydrogens (tertiary/aromatic N) is 4. The maximum Gasteiger partial charge on any atom is 0.414 e. The third kappa shape index (κ3) is 6.78. The van der Waals surface area contributed by atoms with E-state index in [1.165, 1.54) is 21.2 Å². The van der Waals surface area contributed by atoms with E-state index in [9.17, 15) is 4.79 Å². The lowest BCUT2D eigenvalue weighted by molar-refractivity contribution is -0.159. The third-order valence-corrected chi connectivity index (χ3v) is 8.52. The number of hydrogen-bond acceptors (Lipinski definition) is 7. The lowest BCUT2D eigenvalue weighted by Gasteiger charge is -2.35. The summed E-state index contributed by atoms with van der Waals surface area (Å²) >= 11 is 1.59. The number of aliphatic carboxylic acids is 2. The first-order valence-corrected chi connectivity index (χ1v) is 15.0. The van der Waals surface area contributed by atoms with E-state index in [2.05, 4.69) is 70.5 Å². The number of piperazine rings is 1. The molecule has 42 heavy (non-hydrogen) atoms. The summed E-state index contributed by atoms with van der Waals surface area (Å²) in [5.41, 5.74) is 4.62. The molecule has 9 nitrogen and oxygen atoms in total. The lowest BCUT2D eigenvalue weighted by Crippen LogP contribution is -2.46. The minimum atomic E-state index is -1.82. The zero-order chi connectivity index (χ0) is 29.5. The second kappa shape index (κ2) is 13.6. The highest BCUT2D eigenvalue weighted by molar-refractivity contribution is 7.13. The van der Waals surface area contributed by atoms with Gasteiger partial charge in [-0.25, -0.2) is 9.59 Å². The number of rotatable bonds is 6. The molecule has 0 atom stereocenters. The van der Waals surface area contributed by atoms with E-state index in [1.807, 2.05) is 17.0 Å². The molecule has 3 aromatic carbocycles. The number of hydrogen-bond donors (Lipinski definition) is 2. The number of para-hydroxylation sites is 2. The quantitative estimate of drug-likeness (QED) is 0.234. The Morgan fingerprint density at radius 1 is 0.738 bits per heavy atom. The molecular formula is C32H34N4O5S. The van der Waals surface area contributed by atoms with Crippen LogP contribution in [0.25, 0.3) is 10.1 Å². The fraction of sp³-hybridized carbons (Fsp3) is 0.312. The largest absolute Gasteiger partial charge is 0.473 e. The van der Waals surface area contributed by atoms with E-state index in [4.69, 9.17) is 24.2 Å². The van der Waals surface area contributed by atoms with Gasteiger partial charge in [0.2, 0.25) is 5.91 Å². The van der Waals surface area contributed by atoms with Crippen LogP contribution in [0.2, 0.25) is 0 Å². The predicted molar refractivity (Wildman–Crippen MR) is 165 cm³/mol. The molecule has 0 aliphatic carbocycles. The average molecular weight is 587 g/mol. The molecule has 1 saturated heterocycles. The molecule has 2 N–H and O–H groups in total. The highest BCUT2D eigenvalue weighted by Gasteiger charge is 2.25. The monoisotopic (exact) mass is 586 g/mol. The maximum atomic E-state index is 13.5. The topological polar surface area (TPSA) is 114 Å². The maximum absolute atomic E-state index is 13.5. The van der Waals surface area contributed by atoms with Crippen LogP contribution < -0.4 is 9.80 Å². The van der Waals surface area contributed by atoms with Crippen LogP contribution in [-0.4, -0.2) is 70.1 Å². The smallest absolute Gasteiger partial charge is 0.414 e. The van der Waals surface area contributed by atoms with Crippen molar-refractivity contribution in [3.05, 3.63) is 83.9 Å². The lowest BCUT2D eigenvalue weighted by atomic mass is 10.0. The highest BCUT2D eigenvalue weighted by atomic mass is 32.1. The first-order chi connectivity index (χ1) is 20.4. The van der Waals surface area contributed by atoms with E-state index in [-0.39, 0.29) is 5.91 Å². The van der Waals surface area contributed by atoms with Crippen LogP contribution in [0.3, 0.4) is 0 Å². The molecule has 0 spiro atoms. The number of carbonyl (C=O) groups is 3. The van der Waals surface area contributed by atoms with Crippen molar-refractivity contribution in [3.63, 3.8) is 0 Å². The van der Waals surface area contributed by atoms with E-state index < -0.39 is 11.9 Å². The molecule has 1 aromatic heterocycles. The molecule has 0 unspecified atom stereocenters. The van der Waals surface area contributed by atoms with Crippen molar-refractivity contribution in [3.8, 4) is 0 Å². The number of carboxylic acid groups (broad SMARTS) is 2. The van der Waals surface area contributed by atoms with Gasteiger partial charge in [-0.05, 0) is 79.2 Å². The molecule has 0 bridgehead atoms. The number of carbonyl (C=O) groups excluding carboxylic acids is 1. The van der Waals surface area contributed by atoms with Crippen LogP contribution in [0.15, 0.2) is 72.8 Å². The Morgan fingerprint density at radius 3 is 1.93 bits per heavy atom. The Balaban J connectivity index is 0.000000535. The SMILES string of the molecule is O=C(CCCCN1CCN(c2nsc3ccccc23)CC1)N1c2ccccc2CCc2ccccc21.O=C(O)C(=O)O. The number of aryl methyl sites for hydroxylation is 2. The number of fused-ring (bicyclic) bond motifs is 3. The summed E-state index contributed by atoms with van der Waals surface area (Å²) in [6.07, 6.45) is 4.48.